The second-order valence-corrected chi connectivity index (χ2v) is 10.0. The second-order valence-electron chi connectivity index (χ2n) is 10.0. The average molecular weight is 491 g/mol. The molecule has 0 bridgehead atoms. The Labute approximate surface area is 209 Å². The highest BCUT2D eigenvalue weighted by molar-refractivity contribution is 5.94. The second kappa shape index (κ2) is 13.1. The van der Waals surface area contributed by atoms with Gasteiger partial charge in [-0.1, -0.05) is 38.1 Å². The molecule has 1 rings (SSSR count). The maximum absolute atomic E-state index is 13.9. The fourth-order valence-electron chi connectivity index (χ4n) is 3.56. The smallest absolute Gasteiger partial charge is 0.408 e. The van der Waals surface area contributed by atoms with E-state index < -0.39 is 42.0 Å². The van der Waals surface area contributed by atoms with Crippen molar-refractivity contribution in [2.75, 3.05) is 0 Å². The lowest BCUT2D eigenvalue weighted by Crippen LogP contribution is -2.56. The molecule has 0 saturated carbocycles. The molecule has 0 radical (unpaired) electrons. The lowest BCUT2D eigenvalue weighted by molar-refractivity contribution is -0.146. The first-order valence-electron chi connectivity index (χ1n) is 12.2. The van der Waals surface area contributed by atoms with Crippen LogP contribution in [0.25, 0.3) is 0 Å². The summed E-state index contributed by atoms with van der Waals surface area (Å²) in [5, 5.41) is 5.38. The lowest BCUT2D eigenvalue weighted by atomic mass is 9.97. The van der Waals surface area contributed by atoms with Gasteiger partial charge in [-0.05, 0) is 65.5 Å². The first-order chi connectivity index (χ1) is 16.2. The molecule has 0 spiro atoms. The van der Waals surface area contributed by atoms with Gasteiger partial charge in [0.2, 0.25) is 17.7 Å². The van der Waals surface area contributed by atoms with Crippen molar-refractivity contribution in [2.45, 2.75) is 104 Å². The van der Waals surface area contributed by atoms with Crippen molar-refractivity contribution >= 4 is 23.8 Å². The van der Waals surface area contributed by atoms with Gasteiger partial charge >= 0.3 is 6.09 Å². The Hall–Kier alpha value is -3.10. The summed E-state index contributed by atoms with van der Waals surface area (Å²) in [5.74, 6) is -1.71. The number of hydrogen-bond donors (Lipinski definition) is 3. The first kappa shape index (κ1) is 29.9. The lowest BCUT2D eigenvalue weighted by Gasteiger charge is -2.38. The number of aryl methyl sites for hydroxylation is 1. The van der Waals surface area contributed by atoms with Crippen molar-refractivity contribution in [1.29, 1.82) is 0 Å². The summed E-state index contributed by atoms with van der Waals surface area (Å²) in [4.78, 5) is 53.0. The predicted octanol–water partition coefficient (Wildman–Crippen LogP) is 3.21. The van der Waals surface area contributed by atoms with Gasteiger partial charge in [0.1, 0.15) is 17.7 Å². The third-order valence-corrected chi connectivity index (χ3v) is 5.38. The number of carbonyl (C=O) groups excluding carboxylic acids is 4. The van der Waals surface area contributed by atoms with Gasteiger partial charge < -0.3 is 26.0 Å². The highest BCUT2D eigenvalue weighted by atomic mass is 16.6. The third kappa shape index (κ3) is 9.58. The number of nitrogens with two attached hydrogens (primary N) is 1. The molecule has 1 aromatic rings. The van der Waals surface area contributed by atoms with Crippen LogP contribution in [-0.2, 0) is 25.5 Å². The standard InChI is InChI=1S/C26H42N4O5/c1-9-17(5)30(24(33)20(15-21(27)31)29-25(34)35-26(6,7)8)22(23(32)28-16(3)4)19-13-11-18(10-2)12-14-19/h11-14,16-17,20,22H,9-10,15H2,1-8H3,(H2,27,31)(H,28,32)(H,29,34). The Balaban J connectivity index is 3.53. The van der Waals surface area contributed by atoms with Crippen LogP contribution in [0, 0.1) is 0 Å². The van der Waals surface area contributed by atoms with Crippen LogP contribution >= 0.6 is 0 Å². The quantitative estimate of drug-likeness (QED) is 0.438. The van der Waals surface area contributed by atoms with Gasteiger partial charge in [0.05, 0.1) is 6.42 Å². The molecule has 4 amide bonds. The molecule has 0 aliphatic heterocycles. The van der Waals surface area contributed by atoms with Gasteiger partial charge in [0, 0.05) is 12.1 Å². The zero-order chi connectivity index (χ0) is 26.9. The van der Waals surface area contributed by atoms with Gasteiger partial charge in [-0.25, -0.2) is 4.79 Å². The van der Waals surface area contributed by atoms with Crippen LogP contribution in [0.3, 0.4) is 0 Å². The summed E-state index contributed by atoms with van der Waals surface area (Å²) >= 11 is 0. The molecule has 0 saturated heterocycles. The van der Waals surface area contributed by atoms with Crippen molar-refractivity contribution in [1.82, 2.24) is 15.5 Å². The van der Waals surface area contributed by atoms with Crippen molar-refractivity contribution in [3.05, 3.63) is 35.4 Å². The van der Waals surface area contributed by atoms with E-state index in [1.165, 1.54) is 4.90 Å². The number of ether oxygens (including phenoxy) is 1. The number of amides is 4. The normalized spacial score (nSPS) is 14.0. The topological polar surface area (TPSA) is 131 Å². The summed E-state index contributed by atoms with van der Waals surface area (Å²) in [7, 11) is 0. The minimum Gasteiger partial charge on any atom is -0.444 e. The Kier molecular flexibility index (Phi) is 11.2. The Morgan fingerprint density at radius 3 is 2.00 bits per heavy atom. The minimum atomic E-state index is -1.29. The van der Waals surface area contributed by atoms with Gasteiger partial charge in [0.15, 0.2) is 0 Å². The van der Waals surface area contributed by atoms with Crippen molar-refractivity contribution in [3.8, 4) is 0 Å². The summed E-state index contributed by atoms with van der Waals surface area (Å²) in [6, 6.07) is 4.70. The maximum Gasteiger partial charge on any atom is 0.408 e. The molecular weight excluding hydrogens is 448 g/mol. The van der Waals surface area contributed by atoms with E-state index >= 15 is 0 Å². The van der Waals surface area contributed by atoms with Crippen molar-refractivity contribution < 1.29 is 23.9 Å². The number of alkyl carbamates (subject to hydrolysis) is 1. The SMILES string of the molecule is CCc1ccc(C(C(=O)NC(C)C)N(C(=O)C(CC(N)=O)NC(=O)OC(C)(C)C)C(C)CC)cc1. The molecule has 0 aliphatic carbocycles. The predicted molar refractivity (Wildman–Crippen MR) is 135 cm³/mol. The van der Waals surface area contributed by atoms with E-state index in [0.717, 1.165) is 12.0 Å². The Morgan fingerprint density at radius 2 is 1.57 bits per heavy atom. The Bertz CT molecular complexity index is 877. The molecule has 9 heteroatoms. The van der Waals surface area contributed by atoms with Crippen LogP contribution in [0.1, 0.15) is 85.4 Å². The molecule has 196 valence electrons. The highest BCUT2D eigenvalue weighted by Gasteiger charge is 2.39. The van der Waals surface area contributed by atoms with E-state index in [4.69, 9.17) is 10.5 Å². The monoisotopic (exact) mass is 490 g/mol. The van der Waals surface area contributed by atoms with Crippen LogP contribution in [0.2, 0.25) is 0 Å². The molecule has 0 fully saturated rings. The maximum atomic E-state index is 13.9. The van der Waals surface area contributed by atoms with E-state index in [9.17, 15) is 19.2 Å². The van der Waals surface area contributed by atoms with Crippen molar-refractivity contribution in [2.24, 2.45) is 5.73 Å². The molecule has 0 heterocycles. The van der Waals surface area contributed by atoms with Gasteiger partial charge in [-0.15, -0.1) is 0 Å². The third-order valence-electron chi connectivity index (χ3n) is 5.38. The molecule has 9 nitrogen and oxygen atoms in total. The largest absolute Gasteiger partial charge is 0.444 e. The van der Waals surface area contributed by atoms with Crippen LogP contribution < -0.4 is 16.4 Å². The molecule has 1 aromatic carbocycles. The molecule has 0 aliphatic rings. The summed E-state index contributed by atoms with van der Waals surface area (Å²) in [6.45, 7) is 14.5. The van der Waals surface area contributed by atoms with E-state index in [1.54, 1.807) is 20.8 Å². The molecule has 4 N–H and O–H groups in total. The van der Waals surface area contributed by atoms with Gasteiger partial charge in [0.25, 0.3) is 0 Å². The fourth-order valence-corrected chi connectivity index (χ4v) is 3.56. The van der Waals surface area contributed by atoms with E-state index in [-0.39, 0.29) is 18.0 Å². The highest BCUT2D eigenvalue weighted by Crippen LogP contribution is 2.27. The fraction of sp³-hybridized carbons (Fsp3) is 0.615. The van der Waals surface area contributed by atoms with Crippen LogP contribution in [-0.4, -0.2) is 52.4 Å². The average Bonchev–Trinajstić information content (AvgIpc) is 2.73. The molecule has 3 atom stereocenters. The number of hydrogen-bond acceptors (Lipinski definition) is 5. The van der Waals surface area contributed by atoms with E-state index in [1.807, 2.05) is 58.9 Å². The van der Waals surface area contributed by atoms with Crippen LogP contribution in [0.4, 0.5) is 4.79 Å². The zero-order valence-electron chi connectivity index (χ0n) is 22.3. The summed E-state index contributed by atoms with van der Waals surface area (Å²) < 4.78 is 5.29. The molecule has 35 heavy (non-hydrogen) atoms. The van der Waals surface area contributed by atoms with Crippen molar-refractivity contribution in [3.63, 3.8) is 0 Å². The molecule has 0 aromatic heterocycles. The summed E-state index contributed by atoms with van der Waals surface area (Å²) in [5.41, 5.74) is 6.33. The van der Waals surface area contributed by atoms with Crippen LogP contribution in [0.15, 0.2) is 24.3 Å². The van der Waals surface area contributed by atoms with Gasteiger partial charge in [-0.3, -0.25) is 14.4 Å². The molecular formula is C26H42N4O5. The number of nitrogens with zero attached hydrogens (tertiary/aromatic N) is 1. The number of nitrogens with one attached hydrogen (secondary N) is 2. The molecule has 3 unspecified atom stereocenters. The number of primary amides is 1. The summed E-state index contributed by atoms with van der Waals surface area (Å²) in [6.07, 6.45) is 0.0901. The number of carbonyl (C=O) groups is 4. The number of benzene rings is 1. The Morgan fingerprint density at radius 1 is 1.00 bits per heavy atom. The van der Waals surface area contributed by atoms with E-state index in [2.05, 4.69) is 10.6 Å². The minimum absolute atomic E-state index is 0.157. The van der Waals surface area contributed by atoms with E-state index in [0.29, 0.717) is 12.0 Å². The van der Waals surface area contributed by atoms with Gasteiger partial charge in [-0.2, -0.15) is 0 Å². The first-order valence-corrected chi connectivity index (χ1v) is 12.2. The number of rotatable bonds is 11. The zero-order valence-corrected chi connectivity index (χ0v) is 22.3. The van der Waals surface area contributed by atoms with Crippen LogP contribution in [0.5, 0.6) is 0 Å².